The molecule has 0 saturated heterocycles. The fourth-order valence-corrected chi connectivity index (χ4v) is 2.59. The van der Waals surface area contributed by atoms with E-state index in [4.69, 9.17) is 16.3 Å². The van der Waals surface area contributed by atoms with Crippen LogP contribution >= 0.6 is 11.6 Å². The maximum Gasteiger partial charge on any atom is 0.119 e. The Morgan fingerprint density at radius 2 is 1.89 bits per heavy atom. The molecule has 1 nitrogen and oxygen atoms in total. The molecule has 0 aliphatic rings. The van der Waals surface area contributed by atoms with Crippen molar-refractivity contribution in [2.24, 2.45) is 5.92 Å². The lowest BCUT2D eigenvalue weighted by molar-refractivity contribution is 0.407. The van der Waals surface area contributed by atoms with Crippen LogP contribution < -0.4 is 4.74 Å². The molecule has 0 saturated carbocycles. The molecule has 0 N–H and O–H groups in total. The van der Waals surface area contributed by atoms with E-state index in [0.29, 0.717) is 17.7 Å². The molecule has 0 aliphatic heterocycles. The normalized spacial score (nSPS) is 14.2. The number of methoxy groups -OCH3 is 1. The van der Waals surface area contributed by atoms with Gasteiger partial charge in [0.25, 0.3) is 0 Å². The van der Waals surface area contributed by atoms with Crippen LogP contribution in [0.2, 0.25) is 0 Å². The molecule has 2 unspecified atom stereocenters. The Hall–Kier alpha value is -0.690. The van der Waals surface area contributed by atoms with Gasteiger partial charge in [-0.2, -0.15) is 0 Å². The monoisotopic (exact) mass is 282 g/mol. The third-order valence-corrected chi connectivity index (χ3v) is 4.33. The van der Waals surface area contributed by atoms with Crippen LogP contribution in [0.3, 0.4) is 0 Å². The summed E-state index contributed by atoms with van der Waals surface area (Å²) < 4.78 is 5.37. The number of ether oxygens (including phenoxy) is 1. The summed E-state index contributed by atoms with van der Waals surface area (Å²) in [5, 5.41) is 0. The fourth-order valence-electron chi connectivity index (χ4n) is 2.44. The lowest BCUT2D eigenvalue weighted by Gasteiger charge is -2.21. The van der Waals surface area contributed by atoms with E-state index in [1.807, 2.05) is 6.07 Å². The van der Waals surface area contributed by atoms with Gasteiger partial charge >= 0.3 is 0 Å². The van der Waals surface area contributed by atoms with Crippen LogP contribution in [0.5, 0.6) is 5.75 Å². The lowest BCUT2D eigenvalue weighted by atomic mass is 9.85. The predicted molar refractivity (Wildman–Crippen MR) is 84.3 cm³/mol. The molecule has 0 heterocycles. The van der Waals surface area contributed by atoms with Gasteiger partial charge in [-0.25, -0.2) is 0 Å². The topological polar surface area (TPSA) is 9.23 Å². The first-order valence-electron chi connectivity index (χ1n) is 7.36. The van der Waals surface area contributed by atoms with Crippen LogP contribution in [-0.4, -0.2) is 7.11 Å². The minimum Gasteiger partial charge on any atom is -0.497 e. The summed E-state index contributed by atoms with van der Waals surface area (Å²) in [6.45, 7) is 6.91. The highest BCUT2D eigenvalue weighted by Gasteiger charge is 2.15. The Morgan fingerprint density at radius 3 is 2.47 bits per heavy atom. The predicted octanol–water partition coefficient (Wildman–Crippen LogP) is 5.75. The van der Waals surface area contributed by atoms with Gasteiger partial charge in [0.05, 0.1) is 7.11 Å². The van der Waals surface area contributed by atoms with E-state index < -0.39 is 0 Å². The van der Waals surface area contributed by atoms with Gasteiger partial charge in [0.2, 0.25) is 0 Å². The Bertz CT molecular complexity index is 353. The van der Waals surface area contributed by atoms with Crippen molar-refractivity contribution in [3.8, 4) is 5.75 Å². The first-order chi connectivity index (χ1) is 9.12. The van der Waals surface area contributed by atoms with Gasteiger partial charge in [0.1, 0.15) is 5.75 Å². The van der Waals surface area contributed by atoms with E-state index in [9.17, 15) is 0 Å². The van der Waals surface area contributed by atoms with Crippen LogP contribution in [0, 0.1) is 5.92 Å². The number of alkyl halides is 1. The SMILES string of the molecule is CCCCCC(C)C(C)c1cc(CCl)cc(OC)c1. The summed E-state index contributed by atoms with van der Waals surface area (Å²) in [5.41, 5.74) is 2.49. The van der Waals surface area contributed by atoms with E-state index in [1.165, 1.54) is 31.2 Å². The lowest BCUT2D eigenvalue weighted by Crippen LogP contribution is -2.07. The van der Waals surface area contributed by atoms with Crippen LogP contribution in [0.25, 0.3) is 0 Å². The van der Waals surface area contributed by atoms with Gasteiger partial charge in [-0.1, -0.05) is 52.5 Å². The van der Waals surface area contributed by atoms with Crippen molar-refractivity contribution in [2.75, 3.05) is 7.11 Å². The van der Waals surface area contributed by atoms with E-state index in [1.54, 1.807) is 7.11 Å². The first-order valence-corrected chi connectivity index (χ1v) is 7.89. The summed E-state index contributed by atoms with van der Waals surface area (Å²) in [6, 6.07) is 6.39. The van der Waals surface area contributed by atoms with Crippen molar-refractivity contribution in [3.63, 3.8) is 0 Å². The van der Waals surface area contributed by atoms with E-state index >= 15 is 0 Å². The molecule has 1 aromatic rings. The highest BCUT2D eigenvalue weighted by Crippen LogP contribution is 2.31. The molecule has 108 valence electrons. The summed E-state index contributed by atoms with van der Waals surface area (Å²) >= 11 is 5.96. The van der Waals surface area contributed by atoms with Crippen molar-refractivity contribution in [1.29, 1.82) is 0 Å². The van der Waals surface area contributed by atoms with Gasteiger partial charge in [-0.05, 0) is 35.1 Å². The molecular weight excluding hydrogens is 256 g/mol. The van der Waals surface area contributed by atoms with Crippen molar-refractivity contribution >= 4 is 11.6 Å². The molecule has 0 radical (unpaired) electrons. The van der Waals surface area contributed by atoms with Gasteiger partial charge in [0.15, 0.2) is 0 Å². The highest BCUT2D eigenvalue weighted by molar-refractivity contribution is 6.17. The minimum absolute atomic E-state index is 0.543. The number of hydrogen-bond acceptors (Lipinski definition) is 1. The van der Waals surface area contributed by atoms with Crippen molar-refractivity contribution < 1.29 is 4.74 Å². The summed E-state index contributed by atoms with van der Waals surface area (Å²) in [7, 11) is 1.71. The Labute approximate surface area is 123 Å². The second-order valence-corrected chi connectivity index (χ2v) is 5.78. The van der Waals surface area contributed by atoms with Crippen LogP contribution in [0.4, 0.5) is 0 Å². The second kappa shape index (κ2) is 8.47. The number of hydrogen-bond donors (Lipinski definition) is 0. The molecule has 2 atom stereocenters. The van der Waals surface area contributed by atoms with Gasteiger partial charge in [-0.15, -0.1) is 11.6 Å². The van der Waals surface area contributed by atoms with E-state index in [-0.39, 0.29) is 0 Å². The smallest absolute Gasteiger partial charge is 0.119 e. The van der Waals surface area contributed by atoms with Gasteiger partial charge < -0.3 is 4.74 Å². The van der Waals surface area contributed by atoms with Crippen LogP contribution in [0.1, 0.15) is 63.5 Å². The van der Waals surface area contributed by atoms with E-state index in [2.05, 4.69) is 32.9 Å². The summed E-state index contributed by atoms with van der Waals surface area (Å²) in [5.74, 6) is 2.71. The van der Waals surface area contributed by atoms with Crippen molar-refractivity contribution in [1.82, 2.24) is 0 Å². The molecule has 0 aliphatic carbocycles. The molecule has 1 aromatic carbocycles. The van der Waals surface area contributed by atoms with Crippen LogP contribution in [-0.2, 0) is 5.88 Å². The average Bonchev–Trinajstić information content (AvgIpc) is 2.45. The van der Waals surface area contributed by atoms with Gasteiger partial charge in [0, 0.05) is 5.88 Å². The third-order valence-electron chi connectivity index (χ3n) is 4.02. The maximum absolute atomic E-state index is 5.96. The fraction of sp³-hybridized carbons (Fsp3) is 0.647. The quantitative estimate of drug-likeness (QED) is 0.435. The van der Waals surface area contributed by atoms with Crippen molar-refractivity contribution in [2.45, 2.75) is 58.3 Å². The first kappa shape index (κ1) is 16.4. The molecule has 0 spiro atoms. The number of rotatable bonds is 8. The Kier molecular flexibility index (Phi) is 7.30. The summed E-state index contributed by atoms with van der Waals surface area (Å²) in [4.78, 5) is 0. The number of unbranched alkanes of at least 4 members (excludes halogenated alkanes) is 2. The van der Waals surface area contributed by atoms with E-state index in [0.717, 1.165) is 11.3 Å². The molecule has 0 aromatic heterocycles. The molecular formula is C17H27ClO. The maximum atomic E-state index is 5.96. The standard InChI is InChI=1S/C17H27ClO/c1-5-6-7-8-13(2)14(3)16-9-15(12-18)10-17(11-16)19-4/h9-11,13-14H,5-8,12H2,1-4H3. The number of benzene rings is 1. The summed E-state index contributed by atoms with van der Waals surface area (Å²) in [6.07, 6.45) is 5.25. The minimum atomic E-state index is 0.543. The molecule has 1 rings (SSSR count). The number of halogens is 1. The zero-order valence-electron chi connectivity index (χ0n) is 12.7. The Morgan fingerprint density at radius 1 is 1.16 bits per heavy atom. The highest BCUT2D eigenvalue weighted by atomic mass is 35.5. The van der Waals surface area contributed by atoms with Crippen LogP contribution in [0.15, 0.2) is 18.2 Å². The zero-order chi connectivity index (χ0) is 14.3. The molecule has 2 heteroatoms. The Balaban J connectivity index is 2.76. The molecule has 0 bridgehead atoms. The van der Waals surface area contributed by atoms with Gasteiger partial charge in [-0.3, -0.25) is 0 Å². The molecule has 19 heavy (non-hydrogen) atoms. The average molecular weight is 283 g/mol. The second-order valence-electron chi connectivity index (χ2n) is 5.51. The molecule has 0 amide bonds. The molecule has 0 fully saturated rings. The van der Waals surface area contributed by atoms with Crippen molar-refractivity contribution in [3.05, 3.63) is 29.3 Å². The zero-order valence-corrected chi connectivity index (χ0v) is 13.5. The third kappa shape index (κ3) is 5.06. The largest absolute Gasteiger partial charge is 0.497 e.